The van der Waals surface area contributed by atoms with E-state index in [9.17, 15) is 4.79 Å². The Hall–Kier alpha value is -3.93. The van der Waals surface area contributed by atoms with Gasteiger partial charge in [-0.3, -0.25) is 4.98 Å². The van der Waals surface area contributed by atoms with Crippen LogP contribution in [0.4, 0.5) is 0 Å². The number of carboxylic acids is 1. The van der Waals surface area contributed by atoms with Gasteiger partial charge in [0.2, 0.25) is 0 Å². The van der Waals surface area contributed by atoms with E-state index in [0.29, 0.717) is 18.8 Å². The number of benzene rings is 2. The Bertz CT molecular complexity index is 1130. The second-order valence-corrected chi connectivity index (χ2v) is 7.52. The van der Waals surface area contributed by atoms with Crippen LogP contribution in [0.25, 0.3) is 6.08 Å². The van der Waals surface area contributed by atoms with Gasteiger partial charge < -0.3 is 14.7 Å². The summed E-state index contributed by atoms with van der Waals surface area (Å²) in [6.45, 7) is 0.0432. The van der Waals surface area contributed by atoms with Crippen LogP contribution in [0.15, 0.2) is 83.8 Å². The molecule has 0 unspecified atom stereocenters. The van der Waals surface area contributed by atoms with E-state index in [0.717, 1.165) is 46.4 Å². The SMILES string of the molecule is O=C(O)COc1cccc2c1CCC(CON=C(Cc1ccccc1)c1cccnc1)=C2. The molecule has 4 rings (SSSR count). The number of pyridine rings is 1. The van der Waals surface area contributed by atoms with Crippen molar-refractivity contribution in [1.82, 2.24) is 4.98 Å². The number of ether oxygens (including phenoxy) is 1. The van der Waals surface area contributed by atoms with Crippen LogP contribution in [-0.4, -0.2) is 35.0 Å². The second-order valence-electron chi connectivity index (χ2n) is 7.52. The van der Waals surface area contributed by atoms with Crippen molar-refractivity contribution in [2.24, 2.45) is 5.16 Å². The number of nitrogens with zero attached hydrogens (tertiary/aromatic N) is 2. The number of fused-ring (bicyclic) bond motifs is 1. The highest BCUT2D eigenvalue weighted by Crippen LogP contribution is 2.31. The maximum atomic E-state index is 10.8. The van der Waals surface area contributed by atoms with Gasteiger partial charge in [-0.2, -0.15) is 0 Å². The minimum absolute atomic E-state index is 0.344. The molecule has 6 nitrogen and oxygen atoms in total. The number of oxime groups is 1. The molecule has 1 aliphatic carbocycles. The third-order valence-electron chi connectivity index (χ3n) is 5.21. The first-order valence-corrected chi connectivity index (χ1v) is 10.5. The van der Waals surface area contributed by atoms with E-state index in [-0.39, 0.29) is 6.61 Å². The lowest BCUT2D eigenvalue weighted by Crippen LogP contribution is -2.12. The molecule has 6 heteroatoms. The van der Waals surface area contributed by atoms with Gasteiger partial charge in [-0.1, -0.05) is 53.7 Å². The van der Waals surface area contributed by atoms with Gasteiger partial charge in [0.15, 0.2) is 6.61 Å². The third kappa shape index (κ3) is 5.60. The maximum Gasteiger partial charge on any atom is 0.341 e. The smallest absolute Gasteiger partial charge is 0.341 e. The van der Waals surface area contributed by atoms with Crippen molar-refractivity contribution in [3.05, 3.63) is 101 Å². The summed E-state index contributed by atoms with van der Waals surface area (Å²) < 4.78 is 5.43. The zero-order valence-electron chi connectivity index (χ0n) is 17.6. The minimum atomic E-state index is -0.985. The Balaban J connectivity index is 1.47. The lowest BCUT2D eigenvalue weighted by atomic mass is 9.92. The highest BCUT2D eigenvalue weighted by molar-refractivity contribution is 6.01. The molecule has 0 radical (unpaired) electrons. The van der Waals surface area contributed by atoms with Gasteiger partial charge in [0.1, 0.15) is 12.4 Å². The number of carboxylic acid groups (broad SMARTS) is 1. The van der Waals surface area contributed by atoms with Crippen molar-refractivity contribution in [2.75, 3.05) is 13.2 Å². The van der Waals surface area contributed by atoms with Crippen LogP contribution in [-0.2, 0) is 22.5 Å². The molecule has 1 heterocycles. The molecule has 162 valence electrons. The van der Waals surface area contributed by atoms with Crippen LogP contribution < -0.4 is 4.74 Å². The standard InChI is InChI=1S/C26H24N2O4/c29-26(30)18-31-25-10-4-8-21-14-20(11-12-23(21)25)17-32-28-24(22-9-5-13-27-16-22)15-19-6-2-1-3-7-19/h1-10,13-14,16H,11-12,15,17-18H2,(H,29,30). The highest BCUT2D eigenvalue weighted by atomic mass is 16.6. The Labute approximate surface area is 186 Å². The summed E-state index contributed by atoms with van der Waals surface area (Å²) in [6, 6.07) is 19.7. The summed E-state index contributed by atoms with van der Waals surface area (Å²) >= 11 is 0. The number of aliphatic carboxylic acids is 1. The van der Waals surface area contributed by atoms with Gasteiger partial charge in [-0.15, -0.1) is 0 Å². The largest absolute Gasteiger partial charge is 0.482 e. The van der Waals surface area contributed by atoms with Crippen LogP contribution >= 0.6 is 0 Å². The second kappa shape index (κ2) is 10.4. The Kier molecular flexibility index (Phi) is 6.92. The van der Waals surface area contributed by atoms with E-state index >= 15 is 0 Å². The summed E-state index contributed by atoms with van der Waals surface area (Å²) in [4.78, 5) is 20.8. The number of hydrogen-bond donors (Lipinski definition) is 1. The van der Waals surface area contributed by atoms with Crippen molar-refractivity contribution in [3.63, 3.8) is 0 Å². The number of hydrogen-bond acceptors (Lipinski definition) is 5. The molecule has 0 saturated heterocycles. The fourth-order valence-electron chi connectivity index (χ4n) is 3.65. The molecule has 32 heavy (non-hydrogen) atoms. The highest BCUT2D eigenvalue weighted by Gasteiger charge is 2.16. The van der Waals surface area contributed by atoms with Gasteiger partial charge in [-0.25, -0.2) is 4.79 Å². The summed E-state index contributed by atoms with van der Waals surface area (Å²) in [7, 11) is 0. The van der Waals surface area contributed by atoms with Crippen LogP contribution in [0.5, 0.6) is 5.75 Å². The molecule has 0 saturated carbocycles. The van der Waals surface area contributed by atoms with Crippen molar-refractivity contribution in [2.45, 2.75) is 19.3 Å². The normalized spacial score (nSPS) is 13.1. The van der Waals surface area contributed by atoms with Crippen LogP contribution in [0.1, 0.15) is 28.7 Å². The van der Waals surface area contributed by atoms with Gasteiger partial charge >= 0.3 is 5.97 Å². The molecule has 0 spiro atoms. The quantitative estimate of drug-likeness (QED) is 0.400. The predicted octanol–water partition coefficient (Wildman–Crippen LogP) is 4.54. The molecular formula is C26H24N2O4. The average Bonchev–Trinajstić information content (AvgIpc) is 2.83. The van der Waals surface area contributed by atoms with E-state index in [4.69, 9.17) is 14.7 Å². The molecule has 3 aromatic rings. The zero-order valence-corrected chi connectivity index (χ0v) is 17.6. The van der Waals surface area contributed by atoms with Crippen molar-refractivity contribution in [1.29, 1.82) is 0 Å². The molecule has 0 aliphatic heterocycles. The third-order valence-corrected chi connectivity index (χ3v) is 5.21. The average molecular weight is 428 g/mol. The van der Waals surface area contributed by atoms with Gasteiger partial charge in [0.25, 0.3) is 0 Å². The first-order valence-electron chi connectivity index (χ1n) is 10.5. The van der Waals surface area contributed by atoms with E-state index in [1.54, 1.807) is 12.4 Å². The molecule has 0 atom stereocenters. The predicted molar refractivity (Wildman–Crippen MR) is 123 cm³/mol. The molecule has 1 N–H and O–H groups in total. The molecule has 0 fully saturated rings. The van der Waals surface area contributed by atoms with Crippen molar-refractivity contribution < 1.29 is 19.5 Å². The lowest BCUT2D eigenvalue weighted by molar-refractivity contribution is -0.139. The molecule has 1 aromatic heterocycles. The Morgan fingerprint density at radius 1 is 1.03 bits per heavy atom. The number of carbonyl (C=O) groups is 1. The lowest BCUT2D eigenvalue weighted by Gasteiger charge is -2.19. The molecule has 2 aromatic carbocycles. The topological polar surface area (TPSA) is 81.0 Å². The zero-order chi connectivity index (χ0) is 22.2. The van der Waals surface area contributed by atoms with E-state index in [1.165, 1.54) is 0 Å². The first-order chi connectivity index (χ1) is 15.7. The van der Waals surface area contributed by atoms with Crippen LogP contribution in [0.3, 0.4) is 0 Å². The monoisotopic (exact) mass is 428 g/mol. The Morgan fingerprint density at radius 2 is 1.91 bits per heavy atom. The van der Waals surface area contributed by atoms with E-state index in [2.05, 4.69) is 28.3 Å². The number of aromatic nitrogens is 1. The molecule has 1 aliphatic rings. The van der Waals surface area contributed by atoms with Crippen molar-refractivity contribution >= 4 is 17.8 Å². The summed E-state index contributed by atoms with van der Waals surface area (Å²) in [5, 5.41) is 13.3. The van der Waals surface area contributed by atoms with Gasteiger partial charge in [-0.05, 0) is 47.7 Å². The fraction of sp³-hybridized carbons (Fsp3) is 0.192. The Morgan fingerprint density at radius 3 is 2.69 bits per heavy atom. The summed E-state index contributed by atoms with van der Waals surface area (Å²) in [5.74, 6) is -0.360. The van der Waals surface area contributed by atoms with Crippen LogP contribution in [0, 0.1) is 0 Å². The van der Waals surface area contributed by atoms with E-state index in [1.807, 2.05) is 48.5 Å². The maximum absolute atomic E-state index is 10.8. The molecular weight excluding hydrogens is 404 g/mol. The number of rotatable bonds is 9. The van der Waals surface area contributed by atoms with E-state index < -0.39 is 5.97 Å². The van der Waals surface area contributed by atoms with Gasteiger partial charge in [0, 0.05) is 29.9 Å². The molecule has 0 amide bonds. The van der Waals surface area contributed by atoms with Gasteiger partial charge in [0.05, 0.1) is 5.71 Å². The summed E-state index contributed by atoms with van der Waals surface area (Å²) in [5.41, 5.74) is 6.09. The fourth-order valence-corrected chi connectivity index (χ4v) is 3.65. The van der Waals surface area contributed by atoms with Crippen LogP contribution in [0.2, 0.25) is 0 Å². The minimum Gasteiger partial charge on any atom is -0.482 e. The summed E-state index contributed by atoms with van der Waals surface area (Å²) in [6.07, 6.45) is 7.82. The molecule has 0 bridgehead atoms. The first kappa shape index (κ1) is 21.3. The van der Waals surface area contributed by atoms with Crippen molar-refractivity contribution in [3.8, 4) is 5.75 Å².